The predicted molar refractivity (Wildman–Crippen MR) is 104 cm³/mol. The first-order valence-electron chi connectivity index (χ1n) is 9.28. The lowest BCUT2D eigenvalue weighted by molar-refractivity contribution is 0.0487. The number of amides is 1. The Morgan fingerprint density at radius 1 is 1.04 bits per heavy atom. The maximum Gasteiger partial charge on any atom is 0.251 e. The molecule has 2 heterocycles. The van der Waals surface area contributed by atoms with Gasteiger partial charge < -0.3 is 10.1 Å². The highest BCUT2D eigenvalue weighted by Gasteiger charge is 2.34. The normalized spacial score (nSPS) is 16.0. The molecule has 3 aromatic rings. The molecule has 4 rings (SSSR count). The average Bonchev–Trinajstić information content (AvgIpc) is 3.28. The first-order chi connectivity index (χ1) is 13.3. The van der Waals surface area contributed by atoms with Crippen molar-refractivity contribution >= 4 is 5.91 Å². The summed E-state index contributed by atoms with van der Waals surface area (Å²) in [5, 5.41) is 7.35. The topological polar surface area (TPSA) is 56.1 Å². The highest BCUT2D eigenvalue weighted by atomic mass is 16.5. The summed E-state index contributed by atoms with van der Waals surface area (Å²) < 4.78 is 7.34. The molecular weight excluding hydrogens is 338 g/mol. The second-order valence-corrected chi connectivity index (χ2v) is 6.94. The Kier molecular flexibility index (Phi) is 5.03. The number of rotatable bonds is 5. The zero-order valence-electron chi connectivity index (χ0n) is 15.2. The summed E-state index contributed by atoms with van der Waals surface area (Å²) >= 11 is 0. The highest BCUT2D eigenvalue weighted by molar-refractivity contribution is 5.94. The number of carbonyl (C=O) groups is 1. The Labute approximate surface area is 159 Å². The van der Waals surface area contributed by atoms with Crippen molar-refractivity contribution < 1.29 is 9.53 Å². The average molecular weight is 361 g/mol. The number of nitrogens with zero attached hydrogens (tertiary/aromatic N) is 2. The molecule has 1 saturated heterocycles. The quantitative estimate of drug-likeness (QED) is 0.758. The Morgan fingerprint density at radius 3 is 2.44 bits per heavy atom. The molecule has 1 aliphatic rings. The fourth-order valence-corrected chi connectivity index (χ4v) is 3.66. The SMILES string of the molecule is O=C(NCC1(c2ccccc2)CCOCC1)c1ccc(-n2cccn2)cc1. The van der Waals surface area contributed by atoms with Crippen LogP contribution in [0.4, 0.5) is 0 Å². The summed E-state index contributed by atoms with van der Waals surface area (Å²) in [5.41, 5.74) is 2.79. The summed E-state index contributed by atoms with van der Waals surface area (Å²) in [5.74, 6) is -0.0520. The van der Waals surface area contributed by atoms with Crippen LogP contribution in [0.25, 0.3) is 5.69 Å². The van der Waals surface area contributed by atoms with E-state index in [0.29, 0.717) is 12.1 Å². The number of nitrogens with one attached hydrogen (secondary N) is 1. The highest BCUT2D eigenvalue weighted by Crippen LogP contribution is 2.34. The maximum absolute atomic E-state index is 12.7. The lowest BCUT2D eigenvalue weighted by Gasteiger charge is -2.38. The lowest BCUT2D eigenvalue weighted by Crippen LogP contribution is -2.44. The molecule has 0 unspecified atom stereocenters. The molecular formula is C22H23N3O2. The molecule has 1 N–H and O–H groups in total. The molecule has 1 fully saturated rings. The number of carbonyl (C=O) groups excluding carboxylic acids is 1. The van der Waals surface area contributed by atoms with E-state index >= 15 is 0 Å². The summed E-state index contributed by atoms with van der Waals surface area (Å²) in [7, 11) is 0. The monoisotopic (exact) mass is 361 g/mol. The van der Waals surface area contributed by atoms with Gasteiger partial charge in [0.05, 0.1) is 5.69 Å². The smallest absolute Gasteiger partial charge is 0.251 e. The fraction of sp³-hybridized carbons (Fsp3) is 0.273. The number of benzene rings is 2. The van der Waals surface area contributed by atoms with Gasteiger partial charge in [-0.1, -0.05) is 30.3 Å². The van der Waals surface area contributed by atoms with Crippen LogP contribution in [-0.4, -0.2) is 35.4 Å². The number of hydrogen-bond donors (Lipinski definition) is 1. The second kappa shape index (κ2) is 7.76. The van der Waals surface area contributed by atoms with Crippen molar-refractivity contribution in [3.63, 3.8) is 0 Å². The van der Waals surface area contributed by atoms with Crippen LogP contribution in [0.15, 0.2) is 73.1 Å². The Balaban J connectivity index is 1.47. The molecule has 0 saturated carbocycles. The van der Waals surface area contributed by atoms with E-state index in [9.17, 15) is 4.79 Å². The van der Waals surface area contributed by atoms with E-state index in [2.05, 4.69) is 34.7 Å². The second-order valence-electron chi connectivity index (χ2n) is 6.94. The van der Waals surface area contributed by atoms with Crippen molar-refractivity contribution in [3.05, 3.63) is 84.2 Å². The van der Waals surface area contributed by atoms with Crippen LogP contribution in [0.1, 0.15) is 28.8 Å². The molecule has 0 bridgehead atoms. The first kappa shape index (κ1) is 17.5. The van der Waals surface area contributed by atoms with Crippen molar-refractivity contribution in [2.45, 2.75) is 18.3 Å². The van der Waals surface area contributed by atoms with Gasteiger partial charge >= 0.3 is 0 Å². The lowest BCUT2D eigenvalue weighted by atomic mass is 9.74. The van der Waals surface area contributed by atoms with Gasteiger partial charge in [0.1, 0.15) is 0 Å². The minimum absolute atomic E-state index is 0.0520. The van der Waals surface area contributed by atoms with Crippen LogP contribution in [0.5, 0.6) is 0 Å². The summed E-state index contributed by atoms with van der Waals surface area (Å²) in [6, 6.07) is 19.8. The third kappa shape index (κ3) is 3.78. The molecule has 5 nitrogen and oxygen atoms in total. The van der Waals surface area contributed by atoms with Crippen LogP contribution in [0, 0.1) is 0 Å². The molecule has 2 aromatic carbocycles. The summed E-state index contributed by atoms with van der Waals surface area (Å²) in [4.78, 5) is 12.7. The predicted octanol–water partition coefficient (Wildman–Crippen LogP) is 3.35. The molecule has 5 heteroatoms. The van der Waals surface area contributed by atoms with Gasteiger partial charge in [-0.25, -0.2) is 4.68 Å². The van der Waals surface area contributed by atoms with E-state index in [0.717, 1.165) is 31.7 Å². The Bertz CT molecular complexity index is 868. The third-order valence-corrected chi connectivity index (χ3v) is 5.32. The van der Waals surface area contributed by atoms with E-state index in [1.807, 2.05) is 42.6 Å². The molecule has 0 spiro atoms. The van der Waals surface area contributed by atoms with Crippen LogP contribution < -0.4 is 5.32 Å². The van der Waals surface area contributed by atoms with Crippen LogP contribution in [0.2, 0.25) is 0 Å². The van der Waals surface area contributed by atoms with Crippen molar-refractivity contribution in [1.82, 2.24) is 15.1 Å². The standard InChI is InChI=1S/C22H23N3O2/c26-21(18-7-9-20(10-8-18)25-14-4-13-24-25)23-17-22(11-15-27-16-12-22)19-5-2-1-3-6-19/h1-10,13-14H,11-12,15-17H2,(H,23,26). The molecule has 1 aromatic heterocycles. The largest absolute Gasteiger partial charge is 0.381 e. The fourth-order valence-electron chi connectivity index (χ4n) is 3.66. The molecule has 27 heavy (non-hydrogen) atoms. The van der Waals surface area contributed by atoms with Crippen LogP contribution >= 0.6 is 0 Å². The van der Waals surface area contributed by atoms with Crippen molar-refractivity contribution in [2.75, 3.05) is 19.8 Å². The van der Waals surface area contributed by atoms with Crippen molar-refractivity contribution in [2.24, 2.45) is 0 Å². The van der Waals surface area contributed by atoms with Gasteiger partial charge in [0.15, 0.2) is 0 Å². The molecule has 0 radical (unpaired) electrons. The molecule has 0 aliphatic carbocycles. The summed E-state index contributed by atoms with van der Waals surface area (Å²) in [6.45, 7) is 2.06. The van der Waals surface area contributed by atoms with E-state index in [1.165, 1.54) is 5.56 Å². The van der Waals surface area contributed by atoms with E-state index in [-0.39, 0.29) is 11.3 Å². The van der Waals surface area contributed by atoms with Crippen LogP contribution in [0.3, 0.4) is 0 Å². The molecule has 0 atom stereocenters. The zero-order chi connectivity index (χ0) is 18.5. The van der Waals surface area contributed by atoms with Crippen molar-refractivity contribution in [1.29, 1.82) is 0 Å². The van der Waals surface area contributed by atoms with Gasteiger partial charge in [0.2, 0.25) is 0 Å². The van der Waals surface area contributed by atoms with Gasteiger partial charge in [-0.2, -0.15) is 5.10 Å². The zero-order valence-corrected chi connectivity index (χ0v) is 15.2. The van der Waals surface area contributed by atoms with E-state index in [4.69, 9.17) is 4.74 Å². The van der Waals surface area contributed by atoms with Gasteiger partial charge in [-0.15, -0.1) is 0 Å². The number of ether oxygens (including phenoxy) is 1. The van der Waals surface area contributed by atoms with Gasteiger partial charge in [0, 0.05) is 43.1 Å². The van der Waals surface area contributed by atoms with Crippen LogP contribution in [-0.2, 0) is 10.2 Å². The maximum atomic E-state index is 12.7. The van der Waals surface area contributed by atoms with Crippen molar-refractivity contribution in [3.8, 4) is 5.69 Å². The van der Waals surface area contributed by atoms with Gasteiger partial charge in [-0.05, 0) is 48.7 Å². The third-order valence-electron chi connectivity index (χ3n) is 5.32. The molecule has 138 valence electrons. The number of hydrogen-bond acceptors (Lipinski definition) is 3. The Morgan fingerprint density at radius 2 is 1.78 bits per heavy atom. The summed E-state index contributed by atoms with van der Waals surface area (Å²) in [6.07, 6.45) is 5.44. The first-order valence-corrected chi connectivity index (χ1v) is 9.28. The van der Waals surface area contributed by atoms with Gasteiger partial charge in [-0.3, -0.25) is 4.79 Å². The number of aromatic nitrogens is 2. The molecule has 1 aliphatic heterocycles. The minimum atomic E-state index is -0.0653. The molecule has 1 amide bonds. The minimum Gasteiger partial charge on any atom is -0.381 e. The van der Waals surface area contributed by atoms with Gasteiger partial charge in [0.25, 0.3) is 5.91 Å². The van der Waals surface area contributed by atoms with E-state index < -0.39 is 0 Å². The Hall–Kier alpha value is -2.92. The van der Waals surface area contributed by atoms with E-state index in [1.54, 1.807) is 10.9 Å².